The number of thiocarbonyl (C=S) groups is 1. The number of anilines is 1. The molecule has 0 spiro atoms. The largest absolute Gasteiger partial charge is 0.489 e. The highest BCUT2D eigenvalue weighted by Gasteiger charge is 2.34. The van der Waals surface area contributed by atoms with Crippen molar-refractivity contribution in [1.82, 2.24) is 5.32 Å². The van der Waals surface area contributed by atoms with Crippen LogP contribution in [0.2, 0.25) is 5.02 Å². The molecule has 5 nitrogen and oxygen atoms in total. The molecule has 0 aliphatic carbocycles. The molecule has 1 atom stereocenters. The number of hydrogen-bond acceptors (Lipinski definition) is 4. The summed E-state index contributed by atoms with van der Waals surface area (Å²) in [4.78, 5) is 26.7. The fourth-order valence-corrected chi connectivity index (χ4v) is 3.58. The second kappa shape index (κ2) is 9.07. The van der Waals surface area contributed by atoms with Gasteiger partial charge in [-0.05, 0) is 67.5 Å². The molecule has 0 unspecified atom stereocenters. The van der Waals surface area contributed by atoms with E-state index in [4.69, 9.17) is 28.6 Å². The highest BCUT2D eigenvalue weighted by atomic mass is 79.9. The molecule has 2 aromatic rings. The summed E-state index contributed by atoms with van der Waals surface area (Å²) in [5.74, 6) is -0.505. The zero-order chi connectivity index (χ0) is 21.1. The van der Waals surface area contributed by atoms with Gasteiger partial charge in [0.15, 0.2) is 5.11 Å². The molecule has 150 valence electrons. The van der Waals surface area contributed by atoms with Crippen LogP contribution in [0.5, 0.6) is 5.75 Å². The lowest BCUT2D eigenvalue weighted by Crippen LogP contribution is -2.54. The Balaban J connectivity index is 1.93. The maximum absolute atomic E-state index is 13.0. The van der Waals surface area contributed by atoms with Crippen molar-refractivity contribution in [2.75, 3.05) is 4.90 Å². The third kappa shape index (κ3) is 4.86. The van der Waals surface area contributed by atoms with Crippen LogP contribution in [-0.2, 0) is 9.59 Å². The molecule has 0 bridgehead atoms. The first-order valence-electron chi connectivity index (χ1n) is 8.93. The molecule has 3 rings (SSSR count). The molecule has 1 heterocycles. The van der Waals surface area contributed by atoms with Crippen LogP contribution < -0.4 is 15.0 Å². The van der Waals surface area contributed by atoms with Crippen LogP contribution in [0.15, 0.2) is 52.5 Å². The number of nitrogens with one attached hydrogen (secondary N) is 1. The van der Waals surface area contributed by atoms with E-state index in [1.54, 1.807) is 36.4 Å². The van der Waals surface area contributed by atoms with Gasteiger partial charge in [-0.2, -0.15) is 0 Å². The first kappa shape index (κ1) is 21.5. The minimum Gasteiger partial charge on any atom is -0.489 e. The van der Waals surface area contributed by atoms with Gasteiger partial charge >= 0.3 is 0 Å². The van der Waals surface area contributed by atoms with E-state index in [0.717, 1.165) is 10.9 Å². The van der Waals surface area contributed by atoms with Crippen molar-refractivity contribution < 1.29 is 14.3 Å². The van der Waals surface area contributed by atoms with Gasteiger partial charge in [0.05, 0.1) is 16.8 Å². The molecule has 1 fully saturated rings. The molecule has 1 N–H and O–H groups in total. The molecule has 0 aromatic heterocycles. The van der Waals surface area contributed by atoms with E-state index in [1.165, 1.54) is 11.0 Å². The number of ether oxygens (including phenoxy) is 1. The number of hydrogen-bond donors (Lipinski definition) is 1. The maximum atomic E-state index is 13.0. The van der Waals surface area contributed by atoms with Gasteiger partial charge in [0.1, 0.15) is 11.3 Å². The van der Waals surface area contributed by atoms with Crippen LogP contribution in [0, 0.1) is 0 Å². The number of halogens is 2. The Labute approximate surface area is 187 Å². The van der Waals surface area contributed by atoms with Crippen molar-refractivity contribution in [2.45, 2.75) is 26.4 Å². The molecule has 2 amide bonds. The molecular weight excluding hydrogens is 476 g/mol. The Morgan fingerprint density at radius 1 is 1.28 bits per heavy atom. The monoisotopic (exact) mass is 492 g/mol. The van der Waals surface area contributed by atoms with Gasteiger partial charge in [-0.25, -0.2) is 0 Å². The van der Waals surface area contributed by atoms with Crippen molar-refractivity contribution in [2.24, 2.45) is 0 Å². The fraction of sp³-hybridized carbons (Fsp3) is 0.190. The van der Waals surface area contributed by atoms with Gasteiger partial charge in [-0.15, -0.1) is 0 Å². The van der Waals surface area contributed by atoms with E-state index >= 15 is 0 Å². The van der Waals surface area contributed by atoms with E-state index in [2.05, 4.69) is 21.2 Å². The molecule has 1 saturated heterocycles. The van der Waals surface area contributed by atoms with Crippen LogP contribution in [0.25, 0.3) is 6.08 Å². The van der Waals surface area contributed by atoms with Gasteiger partial charge in [-0.1, -0.05) is 46.6 Å². The van der Waals surface area contributed by atoms with E-state index < -0.39 is 11.8 Å². The Bertz CT molecular complexity index is 1020. The zero-order valence-corrected chi connectivity index (χ0v) is 18.9. The summed E-state index contributed by atoms with van der Waals surface area (Å²) in [6, 6.07) is 12.2. The molecule has 8 heteroatoms. The lowest BCUT2D eigenvalue weighted by molar-refractivity contribution is -0.122. The summed E-state index contributed by atoms with van der Waals surface area (Å²) in [7, 11) is 0. The van der Waals surface area contributed by atoms with E-state index in [-0.39, 0.29) is 16.8 Å². The SMILES string of the molecule is CC[C@@H](C)Oc1ccc(/C=C2\C(=O)NC(=S)N(c3cccc(Br)c3)C2=O)cc1Cl. The number of rotatable bonds is 5. The van der Waals surface area contributed by atoms with Crippen molar-refractivity contribution in [1.29, 1.82) is 0 Å². The van der Waals surface area contributed by atoms with E-state index in [9.17, 15) is 9.59 Å². The summed E-state index contributed by atoms with van der Waals surface area (Å²) in [6.07, 6.45) is 2.37. The van der Waals surface area contributed by atoms with E-state index in [1.807, 2.05) is 19.9 Å². The van der Waals surface area contributed by atoms with Crippen LogP contribution in [0.1, 0.15) is 25.8 Å². The van der Waals surface area contributed by atoms with Crippen LogP contribution in [-0.4, -0.2) is 23.0 Å². The second-order valence-corrected chi connectivity index (χ2v) is 8.17. The van der Waals surface area contributed by atoms with Gasteiger partial charge in [0.25, 0.3) is 11.8 Å². The number of benzene rings is 2. The summed E-state index contributed by atoms with van der Waals surface area (Å²) in [5, 5.41) is 3.00. The third-order valence-corrected chi connectivity index (χ3v) is 5.41. The first-order valence-corrected chi connectivity index (χ1v) is 10.5. The minimum absolute atomic E-state index is 0.0298. The minimum atomic E-state index is -0.553. The molecule has 0 saturated carbocycles. The summed E-state index contributed by atoms with van der Waals surface area (Å²) in [5.41, 5.74) is 1.12. The normalized spacial score (nSPS) is 16.8. The lowest BCUT2D eigenvalue weighted by atomic mass is 10.1. The van der Waals surface area contributed by atoms with Crippen LogP contribution in [0.4, 0.5) is 5.69 Å². The average Bonchev–Trinajstić information content (AvgIpc) is 2.67. The third-order valence-electron chi connectivity index (χ3n) is 4.34. The zero-order valence-electron chi connectivity index (χ0n) is 15.7. The Morgan fingerprint density at radius 3 is 2.69 bits per heavy atom. The molecule has 0 radical (unpaired) electrons. The molecule has 1 aliphatic rings. The van der Waals surface area contributed by atoms with Crippen molar-refractivity contribution >= 4 is 68.4 Å². The Kier molecular flexibility index (Phi) is 6.72. The van der Waals surface area contributed by atoms with Crippen molar-refractivity contribution in [3.05, 3.63) is 63.1 Å². The fourth-order valence-electron chi connectivity index (χ4n) is 2.68. The Morgan fingerprint density at radius 2 is 2.03 bits per heavy atom. The number of carbonyl (C=O) groups is 2. The van der Waals surface area contributed by atoms with Gasteiger partial charge in [0.2, 0.25) is 0 Å². The predicted molar refractivity (Wildman–Crippen MR) is 122 cm³/mol. The summed E-state index contributed by atoms with van der Waals surface area (Å²) < 4.78 is 6.54. The molecule has 2 aromatic carbocycles. The smallest absolute Gasteiger partial charge is 0.270 e. The van der Waals surface area contributed by atoms with Crippen LogP contribution in [0.3, 0.4) is 0 Å². The van der Waals surface area contributed by atoms with Crippen molar-refractivity contribution in [3.8, 4) is 5.75 Å². The Hall–Kier alpha value is -2.22. The molecule has 1 aliphatic heterocycles. The number of amides is 2. The molecular formula is C21H18BrClN2O3S. The summed E-state index contributed by atoms with van der Waals surface area (Å²) >= 11 is 14.9. The highest BCUT2D eigenvalue weighted by molar-refractivity contribution is 9.10. The topological polar surface area (TPSA) is 58.6 Å². The van der Waals surface area contributed by atoms with Gasteiger partial charge in [0, 0.05) is 4.47 Å². The quantitative estimate of drug-likeness (QED) is 0.357. The van der Waals surface area contributed by atoms with Gasteiger partial charge in [-0.3, -0.25) is 19.8 Å². The van der Waals surface area contributed by atoms with Crippen LogP contribution >= 0.6 is 39.7 Å². The number of nitrogens with zero attached hydrogens (tertiary/aromatic N) is 1. The van der Waals surface area contributed by atoms with Gasteiger partial charge < -0.3 is 4.74 Å². The molecule has 29 heavy (non-hydrogen) atoms. The standard InChI is InChI=1S/C21H18BrClN2O3S/c1-3-12(2)28-18-8-7-13(10-17(18)23)9-16-19(26)24-21(29)25(20(16)27)15-6-4-5-14(22)11-15/h4-12H,3H2,1-2H3,(H,24,26,29)/b16-9+/t12-/m1/s1. The predicted octanol–water partition coefficient (Wildman–Crippen LogP) is 5.11. The maximum Gasteiger partial charge on any atom is 0.270 e. The number of carbonyl (C=O) groups excluding carboxylic acids is 2. The lowest BCUT2D eigenvalue weighted by Gasteiger charge is -2.29. The highest BCUT2D eigenvalue weighted by Crippen LogP contribution is 2.29. The average molecular weight is 494 g/mol. The first-order chi connectivity index (χ1) is 13.8. The summed E-state index contributed by atoms with van der Waals surface area (Å²) in [6.45, 7) is 3.97. The van der Waals surface area contributed by atoms with Crippen molar-refractivity contribution in [3.63, 3.8) is 0 Å². The second-order valence-electron chi connectivity index (χ2n) is 6.46. The van der Waals surface area contributed by atoms with E-state index in [0.29, 0.717) is 22.0 Å².